The molecule has 1 fully saturated rings. The lowest BCUT2D eigenvalue weighted by Gasteiger charge is -2.17. The van der Waals surface area contributed by atoms with Gasteiger partial charge in [-0.25, -0.2) is 4.98 Å². The van der Waals surface area contributed by atoms with Gasteiger partial charge in [-0.2, -0.15) is 0 Å². The van der Waals surface area contributed by atoms with Gasteiger partial charge in [0, 0.05) is 33.0 Å². The summed E-state index contributed by atoms with van der Waals surface area (Å²) in [6.45, 7) is 6.15. The number of hydrogen-bond acceptors (Lipinski definition) is 3. The summed E-state index contributed by atoms with van der Waals surface area (Å²) in [4.78, 5) is 4.28. The van der Waals surface area contributed by atoms with Crippen molar-refractivity contribution in [2.45, 2.75) is 45.7 Å². The summed E-state index contributed by atoms with van der Waals surface area (Å²) in [5.41, 5.74) is 1.78. The van der Waals surface area contributed by atoms with Crippen LogP contribution in [-0.4, -0.2) is 29.8 Å². The fourth-order valence-electron chi connectivity index (χ4n) is 2.37. The second kappa shape index (κ2) is 6.34. The highest BCUT2D eigenvalue weighted by Gasteiger charge is 2.42. The summed E-state index contributed by atoms with van der Waals surface area (Å²) >= 11 is 0. The second-order valence-electron chi connectivity index (χ2n) is 5.43. The van der Waals surface area contributed by atoms with Crippen molar-refractivity contribution in [1.82, 2.24) is 14.9 Å². The molecule has 1 aromatic heterocycles. The third-order valence-electron chi connectivity index (χ3n) is 3.83. The molecule has 1 aromatic rings. The molecule has 4 heteroatoms. The van der Waals surface area contributed by atoms with Gasteiger partial charge in [0.15, 0.2) is 0 Å². The number of nitrogens with one attached hydrogen (secondary N) is 1. The molecular formula is C14H25N3O. The Hall–Kier alpha value is -0.870. The number of ether oxygens (including phenoxy) is 1. The van der Waals surface area contributed by atoms with Crippen molar-refractivity contribution in [2.75, 3.05) is 20.3 Å². The SMILES string of the molecule is CCCNCc1cncn1CC1(CCOC)CC1. The van der Waals surface area contributed by atoms with Crippen molar-refractivity contribution in [2.24, 2.45) is 5.41 Å². The first-order valence-corrected chi connectivity index (χ1v) is 6.98. The lowest BCUT2D eigenvalue weighted by molar-refractivity contribution is 0.166. The van der Waals surface area contributed by atoms with E-state index in [1.54, 1.807) is 7.11 Å². The molecule has 0 amide bonds. The van der Waals surface area contributed by atoms with Crippen LogP contribution in [0.3, 0.4) is 0 Å². The molecule has 0 unspecified atom stereocenters. The molecule has 2 rings (SSSR count). The Balaban J connectivity index is 1.87. The van der Waals surface area contributed by atoms with Crippen molar-refractivity contribution >= 4 is 0 Å². The molecule has 0 saturated heterocycles. The lowest BCUT2D eigenvalue weighted by Crippen LogP contribution is -2.20. The van der Waals surface area contributed by atoms with E-state index in [2.05, 4.69) is 21.8 Å². The number of methoxy groups -OCH3 is 1. The first-order valence-electron chi connectivity index (χ1n) is 6.98. The van der Waals surface area contributed by atoms with Gasteiger partial charge < -0.3 is 14.6 Å². The van der Waals surface area contributed by atoms with Gasteiger partial charge in [-0.1, -0.05) is 6.92 Å². The van der Waals surface area contributed by atoms with Crippen LogP contribution in [0.5, 0.6) is 0 Å². The molecule has 0 radical (unpaired) electrons. The van der Waals surface area contributed by atoms with Gasteiger partial charge in [0.1, 0.15) is 0 Å². The molecule has 0 aromatic carbocycles. The molecule has 0 atom stereocenters. The highest BCUT2D eigenvalue weighted by Crippen LogP contribution is 2.50. The maximum absolute atomic E-state index is 5.21. The maximum Gasteiger partial charge on any atom is 0.0948 e. The van der Waals surface area contributed by atoms with E-state index in [4.69, 9.17) is 4.74 Å². The van der Waals surface area contributed by atoms with Gasteiger partial charge >= 0.3 is 0 Å². The van der Waals surface area contributed by atoms with Gasteiger partial charge in [-0.15, -0.1) is 0 Å². The summed E-state index contributed by atoms with van der Waals surface area (Å²) in [5.74, 6) is 0. The van der Waals surface area contributed by atoms with Crippen LogP contribution in [0.25, 0.3) is 0 Å². The smallest absolute Gasteiger partial charge is 0.0948 e. The van der Waals surface area contributed by atoms with Gasteiger partial charge in [-0.3, -0.25) is 0 Å². The Morgan fingerprint density at radius 1 is 1.50 bits per heavy atom. The zero-order valence-corrected chi connectivity index (χ0v) is 11.6. The average Bonchev–Trinajstić information content (AvgIpc) is 3.00. The molecule has 1 aliphatic carbocycles. The minimum absolute atomic E-state index is 0.482. The van der Waals surface area contributed by atoms with E-state index >= 15 is 0 Å². The number of rotatable bonds is 9. The van der Waals surface area contributed by atoms with Crippen LogP contribution >= 0.6 is 0 Å². The summed E-state index contributed by atoms with van der Waals surface area (Å²) in [5, 5.41) is 3.44. The van der Waals surface area contributed by atoms with E-state index < -0.39 is 0 Å². The van der Waals surface area contributed by atoms with Crippen LogP contribution in [0.1, 0.15) is 38.3 Å². The molecule has 0 aliphatic heterocycles. The van der Waals surface area contributed by atoms with Crippen LogP contribution in [0.4, 0.5) is 0 Å². The van der Waals surface area contributed by atoms with Crippen molar-refractivity contribution in [1.29, 1.82) is 0 Å². The minimum atomic E-state index is 0.482. The van der Waals surface area contributed by atoms with Gasteiger partial charge in [0.05, 0.1) is 12.0 Å². The normalized spacial score (nSPS) is 17.0. The molecule has 1 N–H and O–H groups in total. The van der Waals surface area contributed by atoms with E-state index in [0.29, 0.717) is 5.41 Å². The zero-order valence-electron chi connectivity index (χ0n) is 11.6. The molecule has 18 heavy (non-hydrogen) atoms. The largest absolute Gasteiger partial charge is 0.385 e. The third kappa shape index (κ3) is 3.56. The van der Waals surface area contributed by atoms with E-state index in [9.17, 15) is 0 Å². The first kappa shape index (κ1) is 13.6. The second-order valence-corrected chi connectivity index (χ2v) is 5.43. The zero-order chi connectivity index (χ0) is 12.8. The Morgan fingerprint density at radius 3 is 3.00 bits per heavy atom. The standard InChI is InChI=1S/C14H25N3O/c1-3-7-15-9-13-10-16-12-17(13)11-14(4-5-14)6-8-18-2/h10,12,15H,3-9,11H2,1-2H3. The number of hydrogen-bond donors (Lipinski definition) is 1. The van der Waals surface area contributed by atoms with E-state index in [0.717, 1.165) is 26.2 Å². The fourth-order valence-corrected chi connectivity index (χ4v) is 2.37. The van der Waals surface area contributed by atoms with E-state index in [1.807, 2.05) is 12.5 Å². The van der Waals surface area contributed by atoms with Gasteiger partial charge in [-0.05, 0) is 37.6 Å². The molecule has 0 bridgehead atoms. The van der Waals surface area contributed by atoms with Crippen LogP contribution in [0.15, 0.2) is 12.5 Å². The number of imidazole rings is 1. The average molecular weight is 251 g/mol. The Kier molecular flexibility index (Phi) is 4.78. The predicted octanol–water partition coefficient (Wildman–Crippen LogP) is 2.20. The number of aromatic nitrogens is 2. The molecule has 1 aliphatic rings. The fraction of sp³-hybridized carbons (Fsp3) is 0.786. The highest BCUT2D eigenvalue weighted by atomic mass is 16.5. The maximum atomic E-state index is 5.21. The monoisotopic (exact) mass is 251 g/mol. The molecular weight excluding hydrogens is 226 g/mol. The third-order valence-corrected chi connectivity index (χ3v) is 3.83. The van der Waals surface area contributed by atoms with Crippen molar-refractivity contribution < 1.29 is 4.74 Å². The van der Waals surface area contributed by atoms with Crippen LogP contribution in [0, 0.1) is 5.41 Å². The Labute approximate surface area is 110 Å². The van der Waals surface area contributed by atoms with Gasteiger partial charge in [0.25, 0.3) is 0 Å². The number of nitrogens with zero attached hydrogens (tertiary/aromatic N) is 2. The Morgan fingerprint density at radius 2 is 2.33 bits per heavy atom. The van der Waals surface area contributed by atoms with Crippen LogP contribution < -0.4 is 5.32 Å². The minimum Gasteiger partial charge on any atom is -0.385 e. The molecule has 4 nitrogen and oxygen atoms in total. The Bertz CT molecular complexity index is 358. The highest BCUT2D eigenvalue weighted by molar-refractivity contribution is 5.02. The predicted molar refractivity (Wildman–Crippen MR) is 72.4 cm³/mol. The van der Waals surface area contributed by atoms with Crippen molar-refractivity contribution in [3.05, 3.63) is 18.2 Å². The van der Waals surface area contributed by atoms with E-state index in [1.165, 1.54) is 31.4 Å². The van der Waals surface area contributed by atoms with Crippen LogP contribution in [0.2, 0.25) is 0 Å². The van der Waals surface area contributed by atoms with Gasteiger partial charge in [0.2, 0.25) is 0 Å². The molecule has 0 spiro atoms. The summed E-state index contributed by atoms with van der Waals surface area (Å²) < 4.78 is 7.52. The van der Waals surface area contributed by atoms with Crippen LogP contribution in [-0.2, 0) is 17.8 Å². The molecule has 1 heterocycles. The van der Waals surface area contributed by atoms with Crippen molar-refractivity contribution in [3.8, 4) is 0 Å². The summed E-state index contributed by atoms with van der Waals surface area (Å²) in [7, 11) is 1.79. The lowest BCUT2D eigenvalue weighted by atomic mass is 10.0. The molecule has 102 valence electrons. The van der Waals surface area contributed by atoms with E-state index in [-0.39, 0.29) is 0 Å². The van der Waals surface area contributed by atoms with Crippen molar-refractivity contribution in [3.63, 3.8) is 0 Å². The topological polar surface area (TPSA) is 39.1 Å². The first-order chi connectivity index (χ1) is 8.79. The quantitative estimate of drug-likeness (QED) is 0.684. The summed E-state index contributed by atoms with van der Waals surface area (Å²) in [6.07, 6.45) is 8.95. The molecule has 1 saturated carbocycles. The summed E-state index contributed by atoms with van der Waals surface area (Å²) in [6, 6.07) is 0.